The summed E-state index contributed by atoms with van der Waals surface area (Å²) in [5.74, 6) is -0.0843. The number of nitrogens with one attached hydrogen (secondary N) is 1. The van der Waals surface area contributed by atoms with E-state index >= 15 is 0 Å². The predicted molar refractivity (Wildman–Crippen MR) is 76.3 cm³/mol. The zero-order valence-electron chi connectivity index (χ0n) is 12.2. The van der Waals surface area contributed by atoms with E-state index in [0.29, 0.717) is 37.2 Å². The first kappa shape index (κ1) is 14.4. The Hall–Kier alpha value is -2.57. The number of hydrogen-bond donors (Lipinski definition) is 1. The van der Waals surface area contributed by atoms with Gasteiger partial charge < -0.3 is 19.2 Å². The SMILES string of the molecule is Cc1cc(C(=O)NC2CCN(C(=O)c3ccoc3)CC2)on1. The highest BCUT2D eigenvalue weighted by molar-refractivity contribution is 5.94. The van der Waals surface area contributed by atoms with E-state index in [9.17, 15) is 9.59 Å². The minimum Gasteiger partial charge on any atom is -0.472 e. The van der Waals surface area contributed by atoms with Crippen LogP contribution < -0.4 is 5.32 Å². The van der Waals surface area contributed by atoms with Crippen LogP contribution in [0.5, 0.6) is 0 Å². The van der Waals surface area contributed by atoms with Gasteiger partial charge >= 0.3 is 0 Å². The number of carbonyl (C=O) groups is 2. The Morgan fingerprint density at radius 1 is 1.36 bits per heavy atom. The Kier molecular flexibility index (Phi) is 3.95. The van der Waals surface area contributed by atoms with Crippen molar-refractivity contribution in [2.45, 2.75) is 25.8 Å². The summed E-state index contributed by atoms with van der Waals surface area (Å²) in [4.78, 5) is 25.9. The highest BCUT2D eigenvalue weighted by Gasteiger charge is 2.26. The van der Waals surface area contributed by atoms with Gasteiger partial charge in [-0.15, -0.1) is 0 Å². The van der Waals surface area contributed by atoms with Gasteiger partial charge in [0.1, 0.15) is 6.26 Å². The summed E-state index contributed by atoms with van der Waals surface area (Å²) in [7, 11) is 0. The van der Waals surface area contributed by atoms with Crippen molar-refractivity contribution in [1.29, 1.82) is 0 Å². The van der Waals surface area contributed by atoms with Gasteiger partial charge in [-0.25, -0.2) is 0 Å². The molecule has 1 fully saturated rings. The minimum atomic E-state index is -0.264. The molecule has 0 atom stereocenters. The quantitative estimate of drug-likeness (QED) is 0.930. The lowest BCUT2D eigenvalue weighted by molar-refractivity contribution is 0.0694. The van der Waals surface area contributed by atoms with E-state index in [-0.39, 0.29) is 23.6 Å². The molecule has 1 aliphatic heterocycles. The van der Waals surface area contributed by atoms with E-state index in [4.69, 9.17) is 8.94 Å². The molecule has 3 rings (SSSR count). The van der Waals surface area contributed by atoms with Crippen molar-refractivity contribution in [2.24, 2.45) is 0 Å². The lowest BCUT2D eigenvalue weighted by Gasteiger charge is -2.32. The molecule has 2 aromatic rings. The standard InChI is InChI=1S/C15H17N3O4/c1-10-8-13(22-17-10)14(19)16-12-2-5-18(6-3-12)15(20)11-4-7-21-9-11/h4,7-9,12H,2-3,5-6H2,1H3,(H,16,19). The number of piperidine rings is 1. The number of aryl methyl sites for hydroxylation is 1. The molecule has 1 N–H and O–H groups in total. The predicted octanol–water partition coefficient (Wildman–Crippen LogP) is 1.61. The van der Waals surface area contributed by atoms with Crippen LogP contribution in [0.4, 0.5) is 0 Å². The van der Waals surface area contributed by atoms with Crippen molar-refractivity contribution in [3.8, 4) is 0 Å². The zero-order valence-corrected chi connectivity index (χ0v) is 12.2. The van der Waals surface area contributed by atoms with E-state index in [1.54, 1.807) is 24.0 Å². The number of furan rings is 1. The second kappa shape index (κ2) is 6.05. The molecule has 2 aromatic heterocycles. The number of aromatic nitrogens is 1. The summed E-state index contributed by atoms with van der Waals surface area (Å²) in [5, 5.41) is 6.61. The number of amides is 2. The molecule has 116 valence electrons. The first-order valence-corrected chi connectivity index (χ1v) is 7.19. The molecule has 1 aliphatic rings. The summed E-state index contributed by atoms with van der Waals surface area (Å²) in [6.07, 6.45) is 4.35. The molecule has 0 radical (unpaired) electrons. The van der Waals surface area contributed by atoms with Crippen LogP contribution in [0.25, 0.3) is 0 Å². The van der Waals surface area contributed by atoms with Crippen molar-refractivity contribution in [3.05, 3.63) is 41.7 Å². The molecule has 0 aromatic carbocycles. The second-order valence-corrected chi connectivity index (χ2v) is 5.38. The average Bonchev–Trinajstić information content (AvgIpc) is 3.18. The Morgan fingerprint density at radius 3 is 2.73 bits per heavy atom. The third kappa shape index (κ3) is 3.03. The third-order valence-corrected chi connectivity index (χ3v) is 3.74. The fraction of sp³-hybridized carbons (Fsp3) is 0.400. The Labute approximate surface area is 127 Å². The molecule has 0 aliphatic carbocycles. The van der Waals surface area contributed by atoms with E-state index in [2.05, 4.69) is 10.5 Å². The molecule has 7 heteroatoms. The van der Waals surface area contributed by atoms with Crippen molar-refractivity contribution < 1.29 is 18.5 Å². The molecule has 0 saturated carbocycles. The maximum absolute atomic E-state index is 12.2. The molecule has 7 nitrogen and oxygen atoms in total. The molecular weight excluding hydrogens is 286 g/mol. The zero-order chi connectivity index (χ0) is 15.5. The molecule has 0 bridgehead atoms. The van der Waals surface area contributed by atoms with Gasteiger partial charge in [0, 0.05) is 25.2 Å². The molecule has 22 heavy (non-hydrogen) atoms. The third-order valence-electron chi connectivity index (χ3n) is 3.74. The highest BCUT2D eigenvalue weighted by Crippen LogP contribution is 2.15. The lowest BCUT2D eigenvalue weighted by atomic mass is 10.0. The lowest BCUT2D eigenvalue weighted by Crippen LogP contribution is -2.46. The number of rotatable bonds is 3. The summed E-state index contributed by atoms with van der Waals surface area (Å²) in [6.45, 7) is 2.97. The summed E-state index contributed by atoms with van der Waals surface area (Å²) in [6, 6.07) is 3.29. The van der Waals surface area contributed by atoms with Crippen LogP contribution in [0.15, 0.2) is 33.6 Å². The maximum atomic E-state index is 12.2. The number of likely N-dealkylation sites (tertiary alicyclic amines) is 1. The fourth-order valence-corrected chi connectivity index (χ4v) is 2.52. The van der Waals surface area contributed by atoms with Gasteiger partial charge in [-0.3, -0.25) is 9.59 Å². The first-order valence-electron chi connectivity index (χ1n) is 7.19. The van der Waals surface area contributed by atoms with Gasteiger partial charge in [-0.05, 0) is 25.8 Å². The van der Waals surface area contributed by atoms with E-state index in [1.807, 2.05) is 0 Å². The van der Waals surface area contributed by atoms with Gasteiger partial charge in [0.25, 0.3) is 11.8 Å². The summed E-state index contributed by atoms with van der Waals surface area (Å²) in [5.41, 5.74) is 1.23. The topological polar surface area (TPSA) is 88.6 Å². The maximum Gasteiger partial charge on any atom is 0.290 e. The van der Waals surface area contributed by atoms with Crippen LogP contribution in [0.3, 0.4) is 0 Å². The van der Waals surface area contributed by atoms with Gasteiger partial charge in [0.05, 0.1) is 17.5 Å². The summed E-state index contributed by atoms with van der Waals surface area (Å²) >= 11 is 0. The van der Waals surface area contributed by atoms with Gasteiger partial charge in [0.2, 0.25) is 5.76 Å². The van der Waals surface area contributed by atoms with E-state index < -0.39 is 0 Å². The highest BCUT2D eigenvalue weighted by atomic mass is 16.5. The van der Waals surface area contributed by atoms with Crippen molar-refractivity contribution in [1.82, 2.24) is 15.4 Å². The Balaban J connectivity index is 1.51. The van der Waals surface area contributed by atoms with Crippen LogP contribution in [0.2, 0.25) is 0 Å². The molecule has 2 amide bonds. The number of carbonyl (C=O) groups excluding carboxylic acids is 2. The molecule has 1 saturated heterocycles. The summed E-state index contributed by atoms with van der Waals surface area (Å²) < 4.78 is 9.87. The normalized spacial score (nSPS) is 15.8. The van der Waals surface area contributed by atoms with Gasteiger partial charge in [-0.2, -0.15) is 0 Å². The monoisotopic (exact) mass is 303 g/mol. The van der Waals surface area contributed by atoms with Crippen molar-refractivity contribution in [3.63, 3.8) is 0 Å². The average molecular weight is 303 g/mol. The van der Waals surface area contributed by atoms with Crippen LogP contribution in [0.1, 0.15) is 39.4 Å². The smallest absolute Gasteiger partial charge is 0.290 e. The van der Waals surface area contributed by atoms with Crippen LogP contribution in [-0.2, 0) is 0 Å². The first-order chi connectivity index (χ1) is 10.6. The minimum absolute atomic E-state index is 0.0336. The Bertz CT molecular complexity index is 654. The van der Waals surface area contributed by atoms with Crippen molar-refractivity contribution in [2.75, 3.05) is 13.1 Å². The fourth-order valence-electron chi connectivity index (χ4n) is 2.52. The number of hydrogen-bond acceptors (Lipinski definition) is 5. The molecule has 0 unspecified atom stereocenters. The second-order valence-electron chi connectivity index (χ2n) is 5.38. The molecule has 3 heterocycles. The number of nitrogens with zero attached hydrogens (tertiary/aromatic N) is 2. The van der Waals surface area contributed by atoms with Crippen LogP contribution >= 0.6 is 0 Å². The van der Waals surface area contributed by atoms with Crippen LogP contribution in [-0.4, -0.2) is 41.0 Å². The Morgan fingerprint density at radius 2 is 2.14 bits per heavy atom. The molecule has 0 spiro atoms. The molecular formula is C15H17N3O4. The van der Waals surface area contributed by atoms with E-state index in [0.717, 1.165) is 0 Å². The van der Waals surface area contributed by atoms with Crippen LogP contribution in [0, 0.1) is 6.92 Å². The van der Waals surface area contributed by atoms with Crippen molar-refractivity contribution >= 4 is 11.8 Å². The van der Waals surface area contributed by atoms with Gasteiger partial charge in [-0.1, -0.05) is 5.16 Å². The van der Waals surface area contributed by atoms with Gasteiger partial charge in [0.15, 0.2) is 0 Å². The largest absolute Gasteiger partial charge is 0.472 e. The van der Waals surface area contributed by atoms with E-state index in [1.165, 1.54) is 12.5 Å².